The lowest BCUT2D eigenvalue weighted by atomic mass is 9.47. The van der Waals surface area contributed by atoms with Gasteiger partial charge < -0.3 is 20.2 Å². The van der Waals surface area contributed by atoms with E-state index in [4.69, 9.17) is 0 Å². The number of aliphatic hydroxyl groups excluding tert-OH is 2. The molecule has 138 valence electrons. The largest absolute Gasteiger partial charge is 0.411 e. The average Bonchev–Trinajstić information content (AvgIpc) is 2.92. The SMILES string of the molecule is CC12CCC3C(=C/C(=N/O)C4CC(O)C(O)CC34C)C1CCC2C=O. The summed E-state index contributed by atoms with van der Waals surface area (Å²) in [5.41, 5.74) is 1.75. The van der Waals surface area contributed by atoms with Crippen LogP contribution >= 0.6 is 0 Å². The maximum Gasteiger partial charge on any atom is 0.123 e. The van der Waals surface area contributed by atoms with E-state index in [-0.39, 0.29) is 22.7 Å². The lowest BCUT2D eigenvalue weighted by Gasteiger charge is -2.57. The van der Waals surface area contributed by atoms with Crippen molar-refractivity contribution in [3.8, 4) is 0 Å². The van der Waals surface area contributed by atoms with E-state index in [9.17, 15) is 20.2 Å². The van der Waals surface area contributed by atoms with Gasteiger partial charge in [-0.3, -0.25) is 0 Å². The van der Waals surface area contributed by atoms with Gasteiger partial charge in [0.1, 0.15) is 6.29 Å². The third-order valence-electron chi connectivity index (χ3n) is 8.30. The van der Waals surface area contributed by atoms with E-state index in [0.29, 0.717) is 30.4 Å². The zero-order chi connectivity index (χ0) is 18.0. The standard InChI is InChI=1S/C20H29NO4/c1-19-6-5-14-12(13(19)4-3-11(19)10-22)7-16(21-25)15-8-17(23)18(24)9-20(14,15)2/h7,10-11,13-15,17-18,23-25H,3-6,8-9H2,1-2H3/b21-16-. The third kappa shape index (κ3) is 2.21. The van der Waals surface area contributed by atoms with Crippen molar-refractivity contribution >= 4 is 12.0 Å². The van der Waals surface area contributed by atoms with Crippen LogP contribution in [0.4, 0.5) is 0 Å². The Morgan fingerprint density at radius 2 is 1.80 bits per heavy atom. The van der Waals surface area contributed by atoms with Crippen LogP contribution in [0.15, 0.2) is 16.8 Å². The van der Waals surface area contributed by atoms with Crippen LogP contribution in [0.2, 0.25) is 0 Å². The number of carbonyl (C=O) groups excluding carboxylic acids is 1. The Morgan fingerprint density at radius 1 is 1.08 bits per heavy atom. The van der Waals surface area contributed by atoms with Gasteiger partial charge in [0.05, 0.1) is 17.9 Å². The molecule has 5 nitrogen and oxygen atoms in total. The van der Waals surface area contributed by atoms with Crippen molar-refractivity contribution < 1.29 is 20.2 Å². The van der Waals surface area contributed by atoms with E-state index in [1.165, 1.54) is 5.57 Å². The number of fused-ring (bicyclic) bond motifs is 5. The number of aldehydes is 1. The smallest absolute Gasteiger partial charge is 0.123 e. The Hall–Kier alpha value is -1.20. The van der Waals surface area contributed by atoms with Crippen LogP contribution in [0.1, 0.15) is 52.4 Å². The molecule has 3 N–H and O–H groups in total. The van der Waals surface area contributed by atoms with Gasteiger partial charge in [-0.2, -0.15) is 0 Å². The molecule has 0 saturated heterocycles. The normalized spacial score (nSPS) is 53.6. The summed E-state index contributed by atoms with van der Waals surface area (Å²) in [6.07, 6.45) is 6.63. The first-order chi connectivity index (χ1) is 11.8. The summed E-state index contributed by atoms with van der Waals surface area (Å²) in [6, 6.07) is 0. The van der Waals surface area contributed by atoms with E-state index in [1.807, 2.05) is 0 Å². The summed E-state index contributed by atoms with van der Waals surface area (Å²) in [6.45, 7) is 4.43. The molecule has 8 atom stereocenters. The fraction of sp³-hybridized carbons (Fsp3) is 0.800. The second-order valence-corrected chi connectivity index (χ2v) is 9.27. The van der Waals surface area contributed by atoms with E-state index in [2.05, 4.69) is 25.1 Å². The van der Waals surface area contributed by atoms with Gasteiger partial charge in [-0.05, 0) is 67.3 Å². The fourth-order valence-corrected chi connectivity index (χ4v) is 6.78. The zero-order valence-electron chi connectivity index (χ0n) is 15.1. The highest BCUT2D eigenvalue weighted by Gasteiger charge is 2.59. The second-order valence-electron chi connectivity index (χ2n) is 9.27. The molecule has 0 bridgehead atoms. The molecular weight excluding hydrogens is 318 g/mol. The Morgan fingerprint density at radius 3 is 2.48 bits per heavy atom. The number of carbonyl (C=O) groups is 1. The van der Waals surface area contributed by atoms with Crippen molar-refractivity contribution in [1.29, 1.82) is 0 Å². The number of hydrogen-bond donors (Lipinski definition) is 3. The number of allylic oxidation sites excluding steroid dienone is 2. The molecule has 4 rings (SSSR count). The van der Waals surface area contributed by atoms with Crippen molar-refractivity contribution in [3.63, 3.8) is 0 Å². The average molecular weight is 347 g/mol. The molecule has 5 heteroatoms. The van der Waals surface area contributed by atoms with Gasteiger partial charge in [0.2, 0.25) is 0 Å². The van der Waals surface area contributed by atoms with Crippen molar-refractivity contribution in [2.45, 2.75) is 64.6 Å². The van der Waals surface area contributed by atoms with Crippen molar-refractivity contribution in [2.24, 2.45) is 39.7 Å². The monoisotopic (exact) mass is 347 g/mol. The number of rotatable bonds is 1. The number of oxime groups is 1. The molecule has 0 aromatic carbocycles. The van der Waals surface area contributed by atoms with Gasteiger partial charge in [0.15, 0.2) is 0 Å². The maximum absolute atomic E-state index is 11.6. The first-order valence-electron chi connectivity index (χ1n) is 9.60. The van der Waals surface area contributed by atoms with E-state index < -0.39 is 12.2 Å². The van der Waals surface area contributed by atoms with Gasteiger partial charge in [-0.25, -0.2) is 0 Å². The van der Waals surface area contributed by atoms with Gasteiger partial charge in [0, 0.05) is 11.8 Å². The first kappa shape index (κ1) is 17.2. The van der Waals surface area contributed by atoms with Crippen molar-refractivity contribution in [2.75, 3.05) is 0 Å². The summed E-state index contributed by atoms with van der Waals surface area (Å²) in [5.74, 6) is 0.754. The quantitative estimate of drug-likeness (QED) is 0.386. The minimum Gasteiger partial charge on any atom is -0.411 e. The molecule has 0 spiro atoms. The van der Waals surface area contributed by atoms with Crippen LogP contribution < -0.4 is 0 Å². The zero-order valence-corrected chi connectivity index (χ0v) is 15.1. The molecule has 3 fully saturated rings. The number of hydrogen-bond acceptors (Lipinski definition) is 5. The van der Waals surface area contributed by atoms with Crippen molar-refractivity contribution in [1.82, 2.24) is 0 Å². The number of aliphatic hydroxyl groups is 2. The molecule has 0 heterocycles. The molecule has 4 aliphatic carbocycles. The first-order valence-corrected chi connectivity index (χ1v) is 9.60. The minimum atomic E-state index is -0.760. The van der Waals surface area contributed by atoms with Crippen LogP contribution in [0.3, 0.4) is 0 Å². The molecule has 4 aliphatic rings. The maximum atomic E-state index is 11.6. The fourth-order valence-electron chi connectivity index (χ4n) is 6.78. The Balaban J connectivity index is 1.78. The van der Waals surface area contributed by atoms with Crippen molar-refractivity contribution in [3.05, 3.63) is 11.6 Å². The molecule has 0 radical (unpaired) electrons. The number of nitrogens with zero attached hydrogens (tertiary/aromatic N) is 1. The van der Waals surface area contributed by atoms with Crippen LogP contribution in [-0.4, -0.2) is 39.6 Å². The van der Waals surface area contributed by atoms with Crippen LogP contribution in [-0.2, 0) is 4.79 Å². The van der Waals surface area contributed by atoms with Crippen LogP contribution in [0.5, 0.6) is 0 Å². The molecule has 0 aliphatic heterocycles. The highest BCUT2D eigenvalue weighted by molar-refractivity contribution is 5.99. The molecule has 25 heavy (non-hydrogen) atoms. The summed E-state index contributed by atoms with van der Waals surface area (Å²) >= 11 is 0. The Kier molecular flexibility index (Phi) is 3.89. The van der Waals surface area contributed by atoms with Gasteiger partial charge in [0.25, 0.3) is 0 Å². The molecule has 0 aromatic rings. The minimum absolute atomic E-state index is 0.000637. The highest BCUT2D eigenvalue weighted by atomic mass is 16.4. The lowest BCUT2D eigenvalue weighted by molar-refractivity contribution is -0.115. The summed E-state index contributed by atoms with van der Waals surface area (Å²) < 4.78 is 0. The van der Waals surface area contributed by atoms with Gasteiger partial charge in [-0.1, -0.05) is 24.6 Å². The Labute approximate surface area is 148 Å². The summed E-state index contributed by atoms with van der Waals surface area (Å²) in [5, 5.41) is 33.7. The Bertz CT molecular complexity index is 644. The predicted molar refractivity (Wildman–Crippen MR) is 93.3 cm³/mol. The molecule has 8 unspecified atom stereocenters. The lowest BCUT2D eigenvalue weighted by Crippen LogP contribution is -2.55. The molecular formula is C20H29NO4. The highest BCUT2D eigenvalue weighted by Crippen LogP contribution is 2.65. The predicted octanol–water partition coefficient (Wildman–Crippen LogP) is 2.54. The van der Waals surface area contributed by atoms with Gasteiger partial charge >= 0.3 is 0 Å². The second kappa shape index (κ2) is 5.65. The molecule has 0 aromatic heterocycles. The summed E-state index contributed by atoms with van der Waals surface area (Å²) in [4.78, 5) is 11.6. The van der Waals surface area contributed by atoms with Crippen LogP contribution in [0, 0.1) is 34.5 Å². The van der Waals surface area contributed by atoms with E-state index in [1.54, 1.807) is 0 Å². The van der Waals surface area contributed by atoms with E-state index in [0.717, 1.165) is 32.0 Å². The van der Waals surface area contributed by atoms with Gasteiger partial charge in [-0.15, -0.1) is 0 Å². The van der Waals surface area contributed by atoms with E-state index >= 15 is 0 Å². The summed E-state index contributed by atoms with van der Waals surface area (Å²) in [7, 11) is 0. The van der Waals surface area contributed by atoms with Crippen LogP contribution in [0.25, 0.3) is 0 Å². The third-order valence-corrected chi connectivity index (χ3v) is 8.30. The topological polar surface area (TPSA) is 90.1 Å². The molecule has 0 amide bonds. The molecule has 3 saturated carbocycles.